The molecule has 0 amide bonds. The highest BCUT2D eigenvalue weighted by Crippen LogP contribution is 2.43. The molecule has 0 fully saturated rings. The quantitative estimate of drug-likeness (QED) is 0.792. The van der Waals surface area contributed by atoms with E-state index in [1.54, 1.807) is 30.3 Å². The highest BCUT2D eigenvalue weighted by molar-refractivity contribution is 6.30. The first-order valence-corrected chi connectivity index (χ1v) is 6.84. The number of nitrogens with two attached hydrogens (primary N) is 1. The van der Waals surface area contributed by atoms with Crippen LogP contribution in [0.2, 0.25) is 5.02 Å². The number of carboxylic acids is 1. The number of ether oxygens (including phenoxy) is 1. The van der Waals surface area contributed by atoms with Crippen LogP contribution >= 0.6 is 11.6 Å². The lowest BCUT2D eigenvalue weighted by atomic mass is 9.83. The van der Waals surface area contributed by atoms with Gasteiger partial charge in [0.05, 0.1) is 5.92 Å². The smallest absolute Gasteiger partial charge is 0.337 e. The molecule has 6 heteroatoms. The van der Waals surface area contributed by atoms with Gasteiger partial charge in [0, 0.05) is 16.7 Å². The van der Waals surface area contributed by atoms with E-state index in [-0.39, 0.29) is 17.2 Å². The van der Waals surface area contributed by atoms with Crippen molar-refractivity contribution in [1.82, 2.24) is 0 Å². The van der Waals surface area contributed by atoms with Crippen LogP contribution in [0.25, 0.3) is 0 Å². The second-order valence-corrected chi connectivity index (χ2v) is 5.33. The predicted molar refractivity (Wildman–Crippen MR) is 80.9 cm³/mol. The number of aliphatic carboxylic acids is 1. The Kier molecular flexibility index (Phi) is 3.42. The summed E-state index contributed by atoms with van der Waals surface area (Å²) in [6.07, 6.45) is 0. The third-order valence-electron chi connectivity index (χ3n) is 3.49. The molecule has 0 radical (unpaired) electrons. The zero-order chi connectivity index (χ0) is 15.9. The lowest BCUT2D eigenvalue weighted by Gasteiger charge is -2.27. The molecule has 0 aliphatic carbocycles. The molecule has 112 valence electrons. The normalized spacial score (nSPS) is 16.9. The van der Waals surface area contributed by atoms with Gasteiger partial charge in [-0.15, -0.1) is 0 Å². The van der Waals surface area contributed by atoms with Crippen molar-refractivity contribution in [1.29, 1.82) is 0 Å². The van der Waals surface area contributed by atoms with Crippen molar-refractivity contribution in [2.75, 3.05) is 0 Å². The Balaban J connectivity index is 2.25. The molecule has 1 aliphatic heterocycles. The minimum Gasteiger partial charge on any atom is -0.508 e. The average molecular weight is 318 g/mol. The summed E-state index contributed by atoms with van der Waals surface area (Å²) in [6, 6.07) is 11.4. The van der Waals surface area contributed by atoms with Gasteiger partial charge in [-0.05, 0) is 23.8 Å². The van der Waals surface area contributed by atoms with E-state index in [0.717, 1.165) is 0 Å². The van der Waals surface area contributed by atoms with Gasteiger partial charge in [0.1, 0.15) is 17.1 Å². The maximum Gasteiger partial charge on any atom is 0.337 e. The molecular weight excluding hydrogens is 306 g/mol. The molecule has 2 aromatic rings. The van der Waals surface area contributed by atoms with Crippen LogP contribution in [0.3, 0.4) is 0 Å². The van der Waals surface area contributed by atoms with E-state index >= 15 is 0 Å². The molecule has 1 atom stereocenters. The van der Waals surface area contributed by atoms with E-state index in [9.17, 15) is 15.0 Å². The number of aromatic hydroxyl groups is 1. The van der Waals surface area contributed by atoms with E-state index in [4.69, 9.17) is 22.1 Å². The topological polar surface area (TPSA) is 92.8 Å². The lowest BCUT2D eigenvalue weighted by Crippen LogP contribution is -2.26. The van der Waals surface area contributed by atoms with Crippen molar-refractivity contribution in [2.24, 2.45) is 5.73 Å². The van der Waals surface area contributed by atoms with Crippen LogP contribution in [-0.2, 0) is 4.79 Å². The fourth-order valence-electron chi connectivity index (χ4n) is 2.58. The number of benzene rings is 2. The second kappa shape index (κ2) is 5.27. The van der Waals surface area contributed by atoms with Gasteiger partial charge >= 0.3 is 5.97 Å². The van der Waals surface area contributed by atoms with Crippen LogP contribution in [0.1, 0.15) is 17.0 Å². The monoisotopic (exact) mass is 317 g/mol. The zero-order valence-corrected chi connectivity index (χ0v) is 12.0. The third-order valence-corrected chi connectivity index (χ3v) is 3.73. The first-order chi connectivity index (χ1) is 10.5. The maximum absolute atomic E-state index is 11.6. The Bertz CT molecular complexity index is 800. The molecule has 0 aromatic heterocycles. The Morgan fingerprint density at radius 1 is 1.23 bits per heavy atom. The predicted octanol–water partition coefficient (Wildman–Crippen LogP) is 2.82. The number of phenols is 1. The molecule has 0 bridgehead atoms. The van der Waals surface area contributed by atoms with Gasteiger partial charge in [-0.3, -0.25) is 0 Å². The van der Waals surface area contributed by atoms with Gasteiger partial charge in [0.15, 0.2) is 0 Å². The minimum atomic E-state index is -1.17. The number of halogens is 1. The molecule has 0 spiro atoms. The maximum atomic E-state index is 11.6. The highest BCUT2D eigenvalue weighted by atomic mass is 35.5. The standard InChI is InChI=1S/C16H12ClNO4/c17-9-3-1-2-8(6-9)13-11-5-4-10(19)7-12(11)22-15(18)14(13)16(20)21/h1-7,13,19H,18H2,(H,20,21). The minimum absolute atomic E-state index is 0.00942. The van der Waals surface area contributed by atoms with Crippen LogP contribution in [0.5, 0.6) is 11.5 Å². The van der Waals surface area contributed by atoms with Crippen molar-refractivity contribution >= 4 is 17.6 Å². The Morgan fingerprint density at radius 2 is 2.00 bits per heavy atom. The van der Waals surface area contributed by atoms with E-state index in [2.05, 4.69) is 0 Å². The number of rotatable bonds is 2. The van der Waals surface area contributed by atoms with Crippen LogP contribution in [0, 0.1) is 0 Å². The number of carbonyl (C=O) groups is 1. The van der Waals surface area contributed by atoms with Gasteiger partial charge in [-0.1, -0.05) is 29.8 Å². The zero-order valence-electron chi connectivity index (χ0n) is 11.3. The summed E-state index contributed by atoms with van der Waals surface area (Å²) >= 11 is 6.01. The SMILES string of the molecule is NC1=C(C(=O)O)C(c2cccc(Cl)c2)c2ccc(O)cc2O1. The van der Waals surface area contributed by atoms with E-state index in [1.165, 1.54) is 12.1 Å². The fourth-order valence-corrected chi connectivity index (χ4v) is 2.78. The molecule has 4 N–H and O–H groups in total. The number of hydrogen-bond acceptors (Lipinski definition) is 4. The molecular formula is C16H12ClNO4. The Morgan fingerprint density at radius 3 is 2.68 bits per heavy atom. The molecule has 22 heavy (non-hydrogen) atoms. The molecule has 0 saturated carbocycles. The van der Waals surface area contributed by atoms with Gasteiger partial charge in [0.2, 0.25) is 5.88 Å². The molecule has 3 rings (SSSR count). The van der Waals surface area contributed by atoms with Crippen molar-refractivity contribution in [2.45, 2.75) is 5.92 Å². The van der Waals surface area contributed by atoms with Crippen molar-refractivity contribution in [3.63, 3.8) is 0 Å². The van der Waals surface area contributed by atoms with Crippen molar-refractivity contribution in [3.05, 3.63) is 70.1 Å². The fraction of sp³-hybridized carbons (Fsp3) is 0.0625. The molecule has 1 heterocycles. The largest absolute Gasteiger partial charge is 0.508 e. The van der Waals surface area contributed by atoms with Crippen LogP contribution in [-0.4, -0.2) is 16.2 Å². The van der Waals surface area contributed by atoms with E-state index in [0.29, 0.717) is 21.9 Å². The van der Waals surface area contributed by atoms with Crippen molar-refractivity contribution < 1.29 is 19.7 Å². The number of hydrogen-bond donors (Lipinski definition) is 3. The first kappa shape index (κ1) is 14.3. The molecule has 5 nitrogen and oxygen atoms in total. The van der Waals surface area contributed by atoms with Gasteiger partial charge in [-0.2, -0.15) is 0 Å². The van der Waals surface area contributed by atoms with E-state index < -0.39 is 11.9 Å². The average Bonchev–Trinajstić information content (AvgIpc) is 2.45. The third kappa shape index (κ3) is 2.35. The number of phenolic OH excluding ortho intramolecular Hbond substituents is 1. The van der Waals surface area contributed by atoms with Crippen LogP contribution < -0.4 is 10.5 Å². The van der Waals surface area contributed by atoms with Gasteiger partial charge < -0.3 is 20.7 Å². The summed E-state index contributed by atoms with van der Waals surface area (Å²) in [5.74, 6) is -1.65. The summed E-state index contributed by atoms with van der Waals surface area (Å²) < 4.78 is 5.35. The lowest BCUT2D eigenvalue weighted by molar-refractivity contribution is -0.133. The summed E-state index contributed by atoms with van der Waals surface area (Å²) in [5.41, 5.74) is 7.00. The molecule has 1 unspecified atom stereocenters. The van der Waals surface area contributed by atoms with Crippen molar-refractivity contribution in [3.8, 4) is 11.5 Å². The molecule has 1 aliphatic rings. The summed E-state index contributed by atoms with van der Waals surface area (Å²) in [4.78, 5) is 11.6. The van der Waals surface area contributed by atoms with Crippen LogP contribution in [0.15, 0.2) is 53.9 Å². The highest BCUT2D eigenvalue weighted by Gasteiger charge is 2.34. The Hall–Kier alpha value is -2.66. The Labute approximate surface area is 131 Å². The first-order valence-electron chi connectivity index (χ1n) is 6.46. The number of carboxylic acid groups (broad SMARTS) is 1. The summed E-state index contributed by atoms with van der Waals surface area (Å²) in [7, 11) is 0. The van der Waals surface area contributed by atoms with E-state index in [1.807, 2.05) is 0 Å². The summed E-state index contributed by atoms with van der Waals surface area (Å²) in [5, 5.41) is 19.6. The van der Waals surface area contributed by atoms with Crippen LogP contribution in [0.4, 0.5) is 0 Å². The second-order valence-electron chi connectivity index (χ2n) is 4.90. The molecule has 2 aromatic carbocycles. The molecule has 0 saturated heterocycles. The van der Waals surface area contributed by atoms with Gasteiger partial charge in [0.25, 0.3) is 0 Å². The summed E-state index contributed by atoms with van der Waals surface area (Å²) in [6.45, 7) is 0. The number of fused-ring (bicyclic) bond motifs is 1. The van der Waals surface area contributed by atoms with Gasteiger partial charge in [-0.25, -0.2) is 4.79 Å².